The van der Waals surface area contributed by atoms with E-state index in [4.69, 9.17) is 21.1 Å². The average Bonchev–Trinajstić information content (AvgIpc) is 2.92. The van der Waals surface area contributed by atoms with Gasteiger partial charge in [0.05, 0.1) is 11.6 Å². The number of hydrogen-bond acceptors (Lipinski definition) is 5. The molecule has 0 radical (unpaired) electrons. The maximum atomic E-state index is 13.6. The number of carbonyl (C=O) groups excluding carboxylic acids is 2. The van der Waals surface area contributed by atoms with Crippen molar-refractivity contribution in [3.8, 4) is 11.5 Å². The smallest absolute Gasteiger partial charge is 0.180 e. The van der Waals surface area contributed by atoms with Crippen LogP contribution in [0.25, 0.3) is 0 Å². The van der Waals surface area contributed by atoms with Gasteiger partial charge in [0, 0.05) is 47.8 Å². The highest BCUT2D eigenvalue weighted by Gasteiger charge is 2.43. The van der Waals surface area contributed by atoms with Gasteiger partial charge in [-0.25, -0.2) is 0 Å². The summed E-state index contributed by atoms with van der Waals surface area (Å²) in [6.45, 7) is 7.09. The molecular formula is C32H34ClNO4. The van der Waals surface area contributed by atoms with Crippen LogP contribution in [0.15, 0.2) is 77.7 Å². The number of hydrogen-bond donors (Lipinski definition) is 0. The van der Waals surface area contributed by atoms with E-state index in [0.717, 1.165) is 66.8 Å². The second-order valence-corrected chi connectivity index (χ2v) is 10.4. The van der Waals surface area contributed by atoms with Crippen LogP contribution < -0.4 is 9.47 Å². The Morgan fingerprint density at radius 2 is 1.63 bits per heavy atom. The highest BCUT2D eigenvalue weighted by molar-refractivity contribution is 6.32. The van der Waals surface area contributed by atoms with Gasteiger partial charge in [-0.05, 0) is 62.3 Å². The number of nitrogens with zero attached hydrogens (tertiary/aromatic N) is 1. The first-order valence-electron chi connectivity index (χ1n) is 13.6. The first kappa shape index (κ1) is 26.3. The van der Waals surface area contributed by atoms with Crippen molar-refractivity contribution in [1.29, 1.82) is 0 Å². The maximum absolute atomic E-state index is 13.6. The number of ketones is 2. The molecule has 0 fully saturated rings. The Balaban J connectivity index is 1.64. The molecule has 38 heavy (non-hydrogen) atoms. The summed E-state index contributed by atoms with van der Waals surface area (Å²) in [6.07, 6.45) is 6.77. The summed E-state index contributed by atoms with van der Waals surface area (Å²) in [5.74, 6) is 0.752. The van der Waals surface area contributed by atoms with Crippen LogP contribution in [0, 0.1) is 0 Å². The van der Waals surface area contributed by atoms with Crippen molar-refractivity contribution >= 4 is 23.2 Å². The fourth-order valence-electron chi connectivity index (χ4n) is 6.01. The Labute approximate surface area is 229 Å². The number of benzene rings is 2. The average molecular weight is 532 g/mol. The van der Waals surface area contributed by atoms with E-state index in [9.17, 15) is 9.59 Å². The van der Waals surface area contributed by atoms with Crippen LogP contribution in [-0.4, -0.2) is 36.2 Å². The molecule has 0 bridgehead atoms. The predicted molar refractivity (Wildman–Crippen MR) is 150 cm³/mol. The Morgan fingerprint density at radius 1 is 0.974 bits per heavy atom. The molecule has 198 valence electrons. The van der Waals surface area contributed by atoms with Crippen molar-refractivity contribution in [3.63, 3.8) is 0 Å². The Hall–Kier alpha value is -3.31. The Kier molecular flexibility index (Phi) is 8.04. The quantitative estimate of drug-likeness (QED) is 0.327. The molecule has 1 heterocycles. The largest absolute Gasteiger partial charge is 0.490 e. The number of halogens is 1. The van der Waals surface area contributed by atoms with Gasteiger partial charge in [0.2, 0.25) is 0 Å². The van der Waals surface area contributed by atoms with Crippen LogP contribution in [0.3, 0.4) is 0 Å². The number of ether oxygens (including phenoxy) is 2. The van der Waals surface area contributed by atoms with Gasteiger partial charge < -0.3 is 14.4 Å². The lowest BCUT2D eigenvalue weighted by atomic mass is 9.71. The van der Waals surface area contributed by atoms with Gasteiger partial charge in [0.25, 0.3) is 0 Å². The molecule has 5 nitrogen and oxygen atoms in total. The lowest BCUT2D eigenvalue weighted by Gasteiger charge is -2.44. The third kappa shape index (κ3) is 5.04. The van der Waals surface area contributed by atoms with E-state index >= 15 is 0 Å². The summed E-state index contributed by atoms with van der Waals surface area (Å²) in [7, 11) is 0. The number of rotatable bonds is 9. The van der Waals surface area contributed by atoms with Crippen molar-refractivity contribution in [1.82, 2.24) is 4.90 Å². The molecule has 2 aromatic carbocycles. The first-order chi connectivity index (χ1) is 18.5. The number of allylic oxidation sites excluding steroid dienone is 4. The highest BCUT2D eigenvalue weighted by atomic mass is 35.5. The fraction of sp³-hybridized carbons (Fsp3) is 0.375. The third-order valence-corrected chi connectivity index (χ3v) is 7.84. The van der Waals surface area contributed by atoms with Crippen LogP contribution >= 0.6 is 11.6 Å². The maximum Gasteiger partial charge on any atom is 0.180 e. The van der Waals surface area contributed by atoms with E-state index in [1.807, 2.05) is 37.3 Å². The molecule has 0 saturated heterocycles. The summed E-state index contributed by atoms with van der Waals surface area (Å²) in [4.78, 5) is 29.5. The second kappa shape index (κ2) is 11.6. The van der Waals surface area contributed by atoms with Crippen LogP contribution in [0.4, 0.5) is 0 Å². The van der Waals surface area contributed by atoms with E-state index in [2.05, 4.69) is 23.6 Å². The zero-order valence-electron chi connectivity index (χ0n) is 21.9. The summed E-state index contributed by atoms with van der Waals surface area (Å²) in [6, 6.07) is 14.1. The summed E-state index contributed by atoms with van der Waals surface area (Å²) in [5.41, 5.74) is 5.67. The van der Waals surface area contributed by atoms with Crippen LogP contribution in [-0.2, 0) is 16.0 Å². The lowest BCUT2D eigenvalue weighted by molar-refractivity contribution is -0.117. The van der Waals surface area contributed by atoms with Gasteiger partial charge >= 0.3 is 0 Å². The molecule has 1 aliphatic heterocycles. The van der Waals surface area contributed by atoms with E-state index in [1.54, 1.807) is 6.08 Å². The second-order valence-electron chi connectivity index (χ2n) is 9.96. The molecule has 0 atom stereocenters. The van der Waals surface area contributed by atoms with Gasteiger partial charge in [0.1, 0.15) is 6.61 Å². The third-order valence-electron chi connectivity index (χ3n) is 7.56. The normalized spacial score (nSPS) is 17.9. The minimum atomic E-state index is -0.446. The van der Waals surface area contributed by atoms with E-state index in [0.29, 0.717) is 42.6 Å². The van der Waals surface area contributed by atoms with Crippen molar-refractivity contribution in [3.05, 3.63) is 93.8 Å². The fourth-order valence-corrected chi connectivity index (χ4v) is 6.28. The van der Waals surface area contributed by atoms with E-state index in [-0.39, 0.29) is 11.6 Å². The zero-order valence-corrected chi connectivity index (χ0v) is 22.7. The monoisotopic (exact) mass is 531 g/mol. The van der Waals surface area contributed by atoms with E-state index in [1.165, 1.54) is 5.56 Å². The molecule has 2 aromatic rings. The van der Waals surface area contributed by atoms with Crippen molar-refractivity contribution in [2.24, 2.45) is 0 Å². The molecule has 0 saturated carbocycles. The molecular weight excluding hydrogens is 498 g/mol. The van der Waals surface area contributed by atoms with Crippen LogP contribution in [0.1, 0.15) is 62.5 Å². The standard InChI is InChI=1S/C32H34ClNO4/c1-3-18-38-32-23(33)19-22(20-28(32)37-4-2)29-30-24(12-8-14-26(30)35)34(17-16-21-10-6-5-7-11-21)25-13-9-15-27(36)31(25)29/h3,5-7,10-11,19-20,29H,1,4,8-9,12-18H2,2H3. The topological polar surface area (TPSA) is 55.8 Å². The Morgan fingerprint density at radius 3 is 2.24 bits per heavy atom. The summed E-state index contributed by atoms with van der Waals surface area (Å²) >= 11 is 6.74. The molecule has 5 rings (SSSR count). The summed E-state index contributed by atoms with van der Waals surface area (Å²) in [5, 5.41) is 0.398. The Bertz CT molecular complexity index is 1270. The van der Waals surface area contributed by atoms with Gasteiger partial charge in [-0.3, -0.25) is 9.59 Å². The van der Waals surface area contributed by atoms with E-state index < -0.39 is 5.92 Å². The van der Waals surface area contributed by atoms with Crippen LogP contribution in [0.5, 0.6) is 11.5 Å². The minimum absolute atomic E-state index is 0.118. The highest BCUT2D eigenvalue weighted by Crippen LogP contribution is 2.51. The molecule has 2 aliphatic carbocycles. The van der Waals surface area contributed by atoms with Crippen molar-refractivity contribution < 1.29 is 19.1 Å². The molecule has 0 N–H and O–H groups in total. The van der Waals surface area contributed by atoms with Gasteiger partial charge in [0.15, 0.2) is 23.1 Å². The molecule has 3 aliphatic rings. The minimum Gasteiger partial charge on any atom is -0.490 e. The van der Waals surface area contributed by atoms with Gasteiger partial charge in [-0.15, -0.1) is 0 Å². The molecule has 0 amide bonds. The number of Topliss-reactive ketones (excluding diaryl/α,β-unsaturated/α-hetero) is 2. The molecule has 0 aromatic heterocycles. The number of carbonyl (C=O) groups is 2. The van der Waals surface area contributed by atoms with Crippen LogP contribution in [0.2, 0.25) is 5.02 Å². The molecule has 0 unspecified atom stereocenters. The van der Waals surface area contributed by atoms with Gasteiger partial charge in [-0.2, -0.15) is 0 Å². The molecule has 0 spiro atoms. The molecule has 6 heteroatoms. The summed E-state index contributed by atoms with van der Waals surface area (Å²) < 4.78 is 11.7. The first-order valence-corrected chi connectivity index (χ1v) is 13.9. The van der Waals surface area contributed by atoms with Gasteiger partial charge in [-0.1, -0.05) is 54.6 Å². The van der Waals surface area contributed by atoms with Crippen molar-refractivity contribution in [2.75, 3.05) is 19.8 Å². The SMILES string of the molecule is C=CCOc1c(Cl)cc(C2C3=C(CCCC3=O)N(CCc3ccccc3)C3=C2C(=O)CCC3)cc1OCC. The lowest BCUT2D eigenvalue weighted by Crippen LogP contribution is -2.40. The van der Waals surface area contributed by atoms with Crippen molar-refractivity contribution in [2.45, 2.75) is 57.8 Å². The predicted octanol–water partition coefficient (Wildman–Crippen LogP) is 6.96. The zero-order chi connectivity index (χ0) is 26.6.